The molecule has 0 atom stereocenters. The molecule has 104 valence electrons. The number of carbonyl (C=O) groups excluding carboxylic acids is 1. The number of nitrogens with zero attached hydrogens (tertiary/aromatic N) is 2. The molecule has 1 aliphatic rings. The van der Waals surface area contributed by atoms with E-state index in [1.807, 2.05) is 23.1 Å². The van der Waals surface area contributed by atoms with Crippen LogP contribution in [0.25, 0.3) is 10.8 Å². The summed E-state index contributed by atoms with van der Waals surface area (Å²) < 4.78 is 5.44. The van der Waals surface area contributed by atoms with E-state index >= 15 is 0 Å². The van der Waals surface area contributed by atoms with Crippen LogP contribution in [0.5, 0.6) is 5.75 Å². The Balaban J connectivity index is 2.04. The number of aromatic nitrogens is 1. The van der Waals surface area contributed by atoms with Crippen LogP contribution >= 0.6 is 0 Å². The van der Waals surface area contributed by atoms with Crippen molar-refractivity contribution in [3.05, 3.63) is 30.0 Å². The average Bonchev–Trinajstić information content (AvgIpc) is 2.84. The number of benzene rings is 1. The summed E-state index contributed by atoms with van der Waals surface area (Å²) in [6.45, 7) is 1.37. The van der Waals surface area contributed by atoms with Crippen LogP contribution in [0.1, 0.15) is 18.4 Å². The van der Waals surface area contributed by atoms with E-state index in [0.717, 1.165) is 35.1 Å². The normalized spacial score (nSPS) is 15.1. The number of hydrogen-bond acceptors (Lipinski definition) is 4. The van der Waals surface area contributed by atoms with Gasteiger partial charge in [-0.1, -0.05) is 0 Å². The SMILES string of the molecule is COc1cc2ccnc(N)c2cc1CN1CCCC1=O. The minimum atomic E-state index is 0.200. The topological polar surface area (TPSA) is 68.5 Å². The molecule has 1 aromatic carbocycles. The van der Waals surface area contributed by atoms with E-state index in [9.17, 15) is 4.79 Å². The molecule has 2 heterocycles. The molecule has 0 radical (unpaired) electrons. The molecule has 0 unspecified atom stereocenters. The highest BCUT2D eigenvalue weighted by molar-refractivity contribution is 5.92. The van der Waals surface area contributed by atoms with E-state index in [-0.39, 0.29) is 5.91 Å². The third-order valence-corrected chi connectivity index (χ3v) is 3.73. The van der Waals surface area contributed by atoms with Crippen molar-refractivity contribution in [2.75, 3.05) is 19.4 Å². The van der Waals surface area contributed by atoms with Crippen molar-refractivity contribution in [1.29, 1.82) is 0 Å². The second-order valence-electron chi connectivity index (χ2n) is 5.00. The molecule has 0 saturated carbocycles. The maximum atomic E-state index is 11.8. The monoisotopic (exact) mass is 271 g/mol. The molecule has 1 amide bonds. The number of likely N-dealkylation sites (tertiary alicyclic amines) is 1. The van der Waals surface area contributed by atoms with Crippen LogP contribution in [0.4, 0.5) is 5.82 Å². The quantitative estimate of drug-likeness (QED) is 0.926. The summed E-state index contributed by atoms with van der Waals surface area (Å²) in [5.74, 6) is 1.48. The molecule has 2 N–H and O–H groups in total. The Labute approximate surface area is 117 Å². The Morgan fingerprint density at radius 3 is 3.00 bits per heavy atom. The van der Waals surface area contributed by atoms with Crippen LogP contribution in [0.15, 0.2) is 24.4 Å². The summed E-state index contributed by atoms with van der Waals surface area (Å²) in [6, 6.07) is 5.82. The van der Waals surface area contributed by atoms with E-state index in [1.165, 1.54) is 0 Å². The molecule has 2 aromatic rings. The Morgan fingerprint density at radius 2 is 2.30 bits per heavy atom. The van der Waals surface area contributed by atoms with Crippen molar-refractivity contribution in [1.82, 2.24) is 9.88 Å². The molecule has 1 aromatic heterocycles. The number of carbonyl (C=O) groups is 1. The molecule has 0 aliphatic carbocycles. The van der Waals surface area contributed by atoms with Gasteiger partial charge in [-0.15, -0.1) is 0 Å². The molecule has 0 bridgehead atoms. The van der Waals surface area contributed by atoms with Gasteiger partial charge in [0, 0.05) is 36.7 Å². The molecular formula is C15H17N3O2. The van der Waals surface area contributed by atoms with Gasteiger partial charge in [0.1, 0.15) is 11.6 Å². The molecule has 5 heteroatoms. The first kappa shape index (κ1) is 12.7. The summed E-state index contributed by atoms with van der Waals surface area (Å²) in [7, 11) is 1.64. The third-order valence-electron chi connectivity index (χ3n) is 3.73. The smallest absolute Gasteiger partial charge is 0.222 e. The number of pyridine rings is 1. The summed E-state index contributed by atoms with van der Waals surface area (Å²) >= 11 is 0. The number of fused-ring (bicyclic) bond motifs is 1. The van der Waals surface area contributed by atoms with E-state index in [1.54, 1.807) is 13.3 Å². The second-order valence-corrected chi connectivity index (χ2v) is 5.00. The van der Waals surface area contributed by atoms with Gasteiger partial charge in [-0.25, -0.2) is 4.98 Å². The predicted octanol–water partition coefficient (Wildman–Crippen LogP) is 1.95. The first-order valence-corrected chi connectivity index (χ1v) is 6.68. The zero-order valence-corrected chi connectivity index (χ0v) is 11.4. The van der Waals surface area contributed by atoms with Crippen molar-refractivity contribution in [2.45, 2.75) is 19.4 Å². The van der Waals surface area contributed by atoms with E-state index < -0.39 is 0 Å². The molecule has 1 aliphatic heterocycles. The fraction of sp³-hybridized carbons (Fsp3) is 0.333. The van der Waals surface area contributed by atoms with Gasteiger partial charge in [0.25, 0.3) is 0 Å². The fourth-order valence-corrected chi connectivity index (χ4v) is 2.66. The van der Waals surface area contributed by atoms with Crippen molar-refractivity contribution in [3.63, 3.8) is 0 Å². The van der Waals surface area contributed by atoms with Crippen molar-refractivity contribution in [3.8, 4) is 5.75 Å². The van der Waals surface area contributed by atoms with Crippen LogP contribution in [0.2, 0.25) is 0 Å². The van der Waals surface area contributed by atoms with Crippen LogP contribution in [0.3, 0.4) is 0 Å². The Morgan fingerprint density at radius 1 is 1.45 bits per heavy atom. The molecule has 0 spiro atoms. The lowest BCUT2D eigenvalue weighted by molar-refractivity contribution is -0.128. The number of amides is 1. The lowest BCUT2D eigenvalue weighted by Crippen LogP contribution is -2.24. The third kappa shape index (κ3) is 2.15. The zero-order valence-electron chi connectivity index (χ0n) is 11.4. The van der Waals surface area contributed by atoms with Crippen LogP contribution in [-0.4, -0.2) is 29.4 Å². The molecular weight excluding hydrogens is 254 g/mol. The second kappa shape index (κ2) is 5.00. The molecule has 5 nitrogen and oxygen atoms in total. The minimum Gasteiger partial charge on any atom is -0.496 e. The number of nitrogen functional groups attached to an aromatic ring is 1. The van der Waals surface area contributed by atoms with Gasteiger partial charge in [0.05, 0.1) is 7.11 Å². The molecule has 20 heavy (non-hydrogen) atoms. The number of methoxy groups -OCH3 is 1. The number of anilines is 1. The van der Waals surface area contributed by atoms with Crippen molar-refractivity contribution < 1.29 is 9.53 Å². The van der Waals surface area contributed by atoms with Crippen molar-refractivity contribution in [2.24, 2.45) is 0 Å². The Hall–Kier alpha value is -2.30. The maximum Gasteiger partial charge on any atom is 0.222 e. The maximum absolute atomic E-state index is 11.8. The van der Waals surface area contributed by atoms with Crippen LogP contribution in [-0.2, 0) is 11.3 Å². The van der Waals surface area contributed by atoms with Crippen molar-refractivity contribution >= 4 is 22.5 Å². The average molecular weight is 271 g/mol. The van der Waals surface area contributed by atoms with Gasteiger partial charge >= 0.3 is 0 Å². The van der Waals surface area contributed by atoms with Gasteiger partial charge in [-0.3, -0.25) is 4.79 Å². The zero-order chi connectivity index (χ0) is 14.1. The van der Waals surface area contributed by atoms with Gasteiger partial charge in [0.15, 0.2) is 0 Å². The Bertz CT molecular complexity index is 669. The largest absolute Gasteiger partial charge is 0.496 e. The van der Waals surface area contributed by atoms with Gasteiger partial charge in [-0.2, -0.15) is 0 Å². The molecule has 1 saturated heterocycles. The van der Waals surface area contributed by atoms with E-state index in [0.29, 0.717) is 18.8 Å². The van der Waals surface area contributed by atoms with Gasteiger partial charge in [-0.05, 0) is 30.0 Å². The summed E-state index contributed by atoms with van der Waals surface area (Å²) in [6.07, 6.45) is 3.25. The standard InChI is InChI=1S/C15H17N3O2/c1-20-13-8-10-4-5-17-15(16)12(10)7-11(13)9-18-6-2-3-14(18)19/h4-5,7-8H,2-3,6,9H2,1H3,(H2,16,17). The Kier molecular flexibility index (Phi) is 3.18. The first-order valence-electron chi connectivity index (χ1n) is 6.68. The molecule has 3 rings (SSSR count). The first-order chi connectivity index (χ1) is 9.69. The van der Waals surface area contributed by atoms with E-state index in [2.05, 4.69) is 4.98 Å². The number of hydrogen-bond donors (Lipinski definition) is 1. The number of nitrogens with two attached hydrogens (primary N) is 1. The fourth-order valence-electron chi connectivity index (χ4n) is 2.66. The highest BCUT2D eigenvalue weighted by Gasteiger charge is 2.21. The highest BCUT2D eigenvalue weighted by atomic mass is 16.5. The van der Waals surface area contributed by atoms with Gasteiger partial charge < -0.3 is 15.4 Å². The lowest BCUT2D eigenvalue weighted by atomic mass is 10.1. The predicted molar refractivity (Wildman–Crippen MR) is 77.4 cm³/mol. The summed E-state index contributed by atoms with van der Waals surface area (Å²) in [5, 5.41) is 1.89. The van der Waals surface area contributed by atoms with Gasteiger partial charge in [0.2, 0.25) is 5.91 Å². The number of ether oxygens (including phenoxy) is 1. The molecule has 1 fully saturated rings. The van der Waals surface area contributed by atoms with Crippen LogP contribution < -0.4 is 10.5 Å². The van der Waals surface area contributed by atoms with Crippen LogP contribution in [0, 0.1) is 0 Å². The number of rotatable bonds is 3. The highest BCUT2D eigenvalue weighted by Crippen LogP contribution is 2.30. The van der Waals surface area contributed by atoms with E-state index in [4.69, 9.17) is 10.5 Å². The summed E-state index contributed by atoms with van der Waals surface area (Å²) in [5.41, 5.74) is 6.89. The lowest BCUT2D eigenvalue weighted by Gasteiger charge is -2.18. The summed E-state index contributed by atoms with van der Waals surface area (Å²) in [4.78, 5) is 17.7. The minimum absolute atomic E-state index is 0.200.